The molecular weight excluding hydrogens is 244 g/mol. The summed E-state index contributed by atoms with van der Waals surface area (Å²) in [6.45, 7) is 3.06. The first-order valence-corrected chi connectivity index (χ1v) is 7.75. The third-order valence-electron chi connectivity index (χ3n) is 3.36. The van der Waals surface area contributed by atoms with Crippen molar-refractivity contribution < 1.29 is 4.74 Å². The number of rotatable bonds is 6. The third-order valence-corrected chi connectivity index (χ3v) is 4.90. The van der Waals surface area contributed by atoms with E-state index in [1.165, 1.54) is 18.4 Å². The van der Waals surface area contributed by atoms with Crippen molar-refractivity contribution in [3.63, 3.8) is 0 Å². The molecule has 0 amide bonds. The molecule has 18 heavy (non-hydrogen) atoms. The van der Waals surface area contributed by atoms with Crippen molar-refractivity contribution in [2.24, 2.45) is 5.73 Å². The first-order valence-electron chi connectivity index (χ1n) is 6.70. The molecule has 3 atom stereocenters. The minimum atomic E-state index is 0.181. The fourth-order valence-corrected chi connectivity index (χ4v) is 3.67. The Labute approximate surface area is 114 Å². The monoisotopic (exact) mass is 266 g/mol. The Hall–Kier alpha value is -0.580. The lowest BCUT2D eigenvalue weighted by Gasteiger charge is -2.23. The molecule has 0 aromatic carbocycles. The average Bonchev–Trinajstić information content (AvgIpc) is 2.93. The molecule has 2 N–H and O–H groups in total. The number of aromatic nitrogens is 1. The minimum absolute atomic E-state index is 0.181. The lowest BCUT2D eigenvalue weighted by atomic mass is 10.1. The Balaban J connectivity index is 1.96. The Bertz CT molecular complexity index is 341. The lowest BCUT2D eigenvalue weighted by molar-refractivity contribution is 0.128. The smallest absolute Gasteiger partial charge is 0.0666 e. The molecule has 100 valence electrons. The summed E-state index contributed by atoms with van der Waals surface area (Å²) in [5.41, 5.74) is 7.48. The summed E-state index contributed by atoms with van der Waals surface area (Å²) in [7, 11) is 0. The number of pyridine rings is 1. The number of nitrogens with zero attached hydrogens (tertiary/aromatic N) is 1. The van der Waals surface area contributed by atoms with Gasteiger partial charge in [-0.25, -0.2) is 0 Å². The van der Waals surface area contributed by atoms with Gasteiger partial charge in [0.2, 0.25) is 0 Å². The summed E-state index contributed by atoms with van der Waals surface area (Å²) < 4.78 is 5.68. The van der Waals surface area contributed by atoms with Crippen molar-refractivity contribution in [3.05, 3.63) is 30.1 Å². The van der Waals surface area contributed by atoms with Crippen LogP contribution in [0, 0.1) is 0 Å². The van der Waals surface area contributed by atoms with Crippen LogP contribution in [-0.2, 0) is 4.74 Å². The standard InChI is InChI=1S/C14H22N2OS/c1-2-13(15)14(11-5-3-7-16-9-11)18-10-12-6-4-8-17-12/h3,5,7,9,12-14H,2,4,6,8,10,15H2,1H3. The van der Waals surface area contributed by atoms with Crippen molar-refractivity contribution in [2.45, 2.75) is 43.6 Å². The zero-order valence-electron chi connectivity index (χ0n) is 10.9. The lowest BCUT2D eigenvalue weighted by Crippen LogP contribution is -2.27. The summed E-state index contributed by atoms with van der Waals surface area (Å²) in [5, 5.41) is 0.327. The van der Waals surface area contributed by atoms with Crippen LogP contribution >= 0.6 is 11.8 Å². The van der Waals surface area contributed by atoms with Gasteiger partial charge in [-0.3, -0.25) is 4.98 Å². The van der Waals surface area contributed by atoms with Crippen LogP contribution in [0.2, 0.25) is 0 Å². The minimum Gasteiger partial charge on any atom is -0.377 e. The van der Waals surface area contributed by atoms with Crippen LogP contribution < -0.4 is 5.73 Å². The summed E-state index contributed by atoms with van der Waals surface area (Å²) >= 11 is 1.91. The number of thioether (sulfide) groups is 1. The van der Waals surface area contributed by atoms with Crippen LogP contribution in [0.1, 0.15) is 37.0 Å². The quantitative estimate of drug-likeness (QED) is 0.860. The van der Waals surface area contributed by atoms with Crippen molar-refractivity contribution in [3.8, 4) is 0 Å². The van der Waals surface area contributed by atoms with Crippen LogP contribution in [0.3, 0.4) is 0 Å². The number of ether oxygens (including phenoxy) is 1. The first kappa shape index (κ1) is 13.8. The molecule has 3 unspecified atom stereocenters. The highest BCUT2D eigenvalue weighted by Crippen LogP contribution is 2.34. The second-order valence-electron chi connectivity index (χ2n) is 4.75. The van der Waals surface area contributed by atoms with Crippen molar-refractivity contribution in [1.29, 1.82) is 0 Å². The fourth-order valence-electron chi connectivity index (χ4n) is 2.21. The van der Waals surface area contributed by atoms with Gasteiger partial charge in [0.15, 0.2) is 0 Å². The molecule has 1 aliphatic heterocycles. The molecule has 0 saturated carbocycles. The maximum absolute atomic E-state index is 6.24. The molecule has 4 heteroatoms. The largest absolute Gasteiger partial charge is 0.377 e. The highest BCUT2D eigenvalue weighted by atomic mass is 32.2. The van der Waals surface area contributed by atoms with Crippen LogP contribution in [0.5, 0.6) is 0 Å². The van der Waals surface area contributed by atoms with Crippen LogP contribution in [0.4, 0.5) is 0 Å². The van der Waals surface area contributed by atoms with E-state index in [-0.39, 0.29) is 6.04 Å². The van der Waals surface area contributed by atoms with E-state index in [0.717, 1.165) is 18.8 Å². The van der Waals surface area contributed by atoms with Gasteiger partial charge in [-0.2, -0.15) is 0 Å². The van der Waals surface area contributed by atoms with Gasteiger partial charge in [0, 0.05) is 36.0 Å². The number of nitrogens with two attached hydrogens (primary N) is 1. The average molecular weight is 266 g/mol. The van der Waals surface area contributed by atoms with E-state index in [0.29, 0.717) is 11.4 Å². The topological polar surface area (TPSA) is 48.1 Å². The molecule has 0 aliphatic carbocycles. The van der Waals surface area contributed by atoms with E-state index >= 15 is 0 Å². The predicted octanol–water partition coefficient (Wildman–Crippen LogP) is 2.77. The van der Waals surface area contributed by atoms with Gasteiger partial charge in [-0.15, -0.1) is 11.8 Å². The van der Waals surface area contributed by atoms with Gasteiger partial charge >= 0.3 is 0 Å². The number of hydrogen-bond donors (Lipinski definition) is 1. The normalized spacial score (nSPS) is 22.9. The molecule has 0 bridgehead atoms. The molecule has 2 rings (SSSR count). The summed E-state index contributed by atoms with van der Waals surface area (Å²) in [5.74, 6) is 1.03. The Morgan fingerprint density at radius 2 is 2.50 bits per heavy atom. The van der Waals surface area contributed by atoms with E-state index in [4.69, 9.17) is 10.5 Å². The van der Waals surface area contributed by atoms with Crippen molar-refractivity contribution in [2.75, 3.05) is 12.4 Å². The molecule has 1 saturated heterocycles. The van der Waals surface area contributed by atoms with Crippen LogP contribution in [0.15, 0.2) is 24.5 Å². The Morgan fingerprint density at radius 3 is 3.11 bits per heavy atom. The first-order chi connectivity index (χ1) is 8.81. The molecule has 0 radical (unpaired) electrons. The number of hydrogen-bond acceptors (Lipinski definition) is 4. The molecular formula is C14H22N2OS. The van der Waals surface area contributed by atoms with Crippen molar-refractivity contribution in [1.82, 2.24) is 4.98 Å². The fraction of sp³-hybridized carbons (Fsp3) is 0.643. The molecule has 1 aromatic rings. The molecule has 0 spiro atoms. The van der Waals surface area contributed by atoms with E-state index in [9.17, 15) is 0 Å². The Morgan fingerprint density at radius 1 is 1.61 bits per heavy atom. The molecule has 1 fully saturated rings. The zero-order chi connectivity index (χ0) is 12.8. The second-order valence-corrected chi connectivity index (χ2v) is 5.92. The van der Waals surface area contributed by atoms with Gasteiger partial charge in [0.1, 0.15) is 0 Å². The second kappa shape index (κ2) is 7.12. The summed E-state index contributed by atoms with van der Waals surface area (Å²) in [6, 6.07) is 4.29. The van der Waals surface area contributed by atoms with Gasteiger partial charge in [0.25, 0.3) is 0 Å². The third kappa shape index (κ3) is 3.70. The summed E-state index contributed by atoms with van der Waals surface area (Å²) in [6.07, 6.45) is 7.53. The van der Waals surface area contributed by atoms with Crippen LogP contribution in [0.25, 0.3) is 0 Å². The SMILES string of the molecule is CCC(N)C(SCC1CCCO1)c1cccnc1. The van der Waals surface area contributed by atoms with Gasteiger partial charge < -0.3 is 10.5 Å². The van der Waals surface area contributed by atoms with Gasteiger partial charge in [-0.1, -0.05) is 13.0 Å². The van der Waals surface area contributed by atoms with E-state index in [1.54, 1.807) is 0 Å². The van der Waals surface area contributed by atoms with Crippen molar-refractivity contribution >= 4 is 11.8 Å². The van der Waals surface area contributed by atoms with E-state index in [2.05, 4.69) is 18.0 Å². The van der Waals surface area contributed by atoms with E-state index < -0.39 is 0 Å². The molecule has 3 nitrogen and oxygen atoms in total. The molecule has 2 heterocycles. The highest BCUT2D eigenvalue weighted by Gasteiger charge is 2.23. The van der Waals surface area contributed by atoms with Crippen LogP contribution in [-0.4, -0.2) is 29.5 Å². The van der Waals surface area contributed by atoms with Gasteiger partial charge in [-0.05, 0) is 30.9 Å². The summed E-state index contributed by atoms with van der Waals surface area (Å²) in [4.78, 5) is 4.20. The molecule has 1 aromatic heterocycles. The maximum atomic E-state index is 6.24. The van der Waals surface area contributed by atoms with Gasteiger partial charge in [0.05, 0.1) is 6.10 Å². The van der Waals surface area contributed by atoms with E-state index in [1.807, 2.05) is 30.2 Å². The highest BCUT2D eigenvalue weighted by molar-refractivity contribution is 7.99. The molecule has 1 aliphatic rings. The zero-order valence-corrected chi connectivity index (χ0v) is 11.7. The Kier molecular flexibility index (Phi) is 5.47. The maximum Gasteiger partial charge on any atom is 0.0666 e. The predicted molar refractivity (Wildman–Crippen MR) is 76.7 cm³/mol.